The molecule has 0 fully saturated rings. The SMILES string of the molecule is CCn1ccc(=O)n(Cc2ccc(F)c(Cl)c2)c1=O. The molecule has 0 saturated heterocycles. The lowest BCUT2D eigenvalue weighted by atomic mass is 10.2. The topological polar surface area (TPSA) is 44.0 Å². The lowest BCUT2D eigenvalue weighted by molar-refractivity contribution is 0.597. The highest BCUT2D eigenvalue weighted by atomic mass is 35.5. The highest BCUT2D eigenvalue weighted by Crippen LogP contribution is 2.16. The Morgan fingerprint density at radius 2 is 2.00 bits per heavy atom. The van der Waals surface area contributed by atoms with E-state index in [1.54, 1.807) is 0 Å². The smallest absolute Gasteiger partial charge is 0.301 e. The Balaban J connectivity index is 2.46. The zero-order valence-electron chi connectivity index (χ0n) is 10.3. The van der Waals surface area contributed by atoms with Crippen molar-refractivity contribution in [1.82, 2.24) is 9.13 Å². The van der Waals surface area contributed by atoms with Gasteiger partial charge in [-0.2, -0.15) is 0 Å². The molecule has 0 amide bonds. The number of hydrogen-bond donors (Lipinski definition) is 0. The summed E-state index contributed by atoms with van der Waals surface area (Å²) in [5, 5.41) is -0.0303. The molecular weight excluding hydrogens is 271 g/mol. The van der Waals surface area contributed by atoms with Crippen molar-refractivity contribution in [3.63, 3.8) is 0 Å². The van der Waals surface area contributed by atoms with E-state index < -0.39 is 17.1 Å². The molecule has 0 aliphatic heterocycles. The fraction of sp³-hybridized carbons (Fsp3) is 0.231. The maximum atomic E-state index is 13.0. The second kappa shape index (κ2) is 5.40. The number of aryl methyl sites for hydroxylation is 1. The molecule has 1 aromatic carbocycles. The van der Waals surface area contributed by atoms with Crippen LogP contribution in [0.1, 0.15) is 12.5 Å². The largest absolute Gasteiger partial charge is 0.331 e. The van der Waals surface area contributed by atoms with Crippen LogP contribution in [0.2, 0.25) is 5.02 Å². The Labute approximate surface area is 113 Å². The Morgan fingerprint density at radius 1 is 1.26 bits per heavy atom. The van der Waals surface area contributed by atoms with Crippen LogP contribution < -0.4 is 11.2 Å². The van der Waals surface area contributed by atoms with Gasteiger partial charge in [-0.25, -0.2) is 9.18 Å². The molecule has 19 heavy (non-hydrogen) atoms. The minimum Gasteiger partial charge on any atom is -0.301 e. The van der Waals surface area contributed by atoms with Crippen molar-refractivity contribution < 1.29 is 4.39 Å². The van der Waals surface area contributed by atoms with Gasteiger partial charge in [0.05, 0.1) is 11.6 Å². The van der Waals surface area contributed by atoms with Crippen LogP contribution in [0.3, 0.4) is 0 Å². The zero-order valence-corrected chi connectivity index (χ0v) is 11.0. The Hall–Kier alpha value is -1.88. The van der Waals surface area contributed by atoms with Crippen molar-refractivity contribution in [1.29, 1.82) is 0 Å². The minimum atomic E-state index is -0.531. The summed E-state index contributed by atoms with van der Waals surface area (Å²) in [6, 6.07) is 5.45. The van der Waals surface area contributed by atoms with E-state index in [9.17, 15) is 14.0 Å². The third-order valence-corrected chi connectivity index (χ3v) is 3.09. The monoisotopic (exact) mass is 282 g/mol. The van der Waals surface area contributed by atoms with E-state index >= 15 is 0 Å². The van der Waals surface area contributed by atoms with Crippen LogP contribution in [-0.2, 0) is 13.1 Å². The standard InChI is InChI=1S/C13H12ClFN2O2/c1-2-16-6-5-12(18)17(13(16)19)8-9-3-4-11(15)10(14)7-9/h3-7H,2,8H2,1H3. The maximum Gasteiger partial charge on any atom is 0.331 e. The van der Waals surface area contributed by atoms with Crippen LogP contribution in [0, 0.1) is 5.82 Å². The van der Waals surface area contributed by atoms with Crippen LogP contribution in [0.25, 0.3) is 0 Å². The molecule has 6 heteroatoms. The lowest BCUT2D eigenvalue weighted by Gasteiger charge is -2.08. The van der Waals surface area contributed by atoms with Gasteiger partial charge in [0.1, 0.15) is 5.82 Å². The third-order valence-electron chi connectivity index (χ3n) is 2.81. The predicted molar refractivity (Wildman–Crippen MR) is 71.1 cm³/mol. The van der Waals surface area contributed by atoms with E-state index in [1.807, 2.05) is 6.92 Å². The maximum absolute atomic E-state index is 13.0. The highest BCUT2D eigenvalue weighted by Gasteiger charge is 2.07. The molecule has 0 bridgehead atoms. The lowest BCUT2D eigenvalue weighted by Crippen LogP contribution is -2.38. The van der Waals surface area contributed by atoms with Gasteiger partial charge in [0.15, 0.2) is 0 Å². The number of halogens is 2. The molecule has 0 unspecified atom stereocenters. The number of aromatic nitrogens is 2. The quantitative estimate of drug-likeness (QED) is 0.863. The molecular formula is C13H12ClFN2O2. The first kappa shape index (κ1) is 13.5. The van der Waals surface area contributed by atoms with Crippen molar-refractivity contribution in [2.45, 2.75) is 20.0 Å². The van der Waals surface area contributed by atoms with Crippen LogP contribution >= 0.6 is 11.6 Å². The molecule has 0 saturated carbocycles. The van der Waals surface area contributed by atoms with E-state index in [0.29, 0.717) is 12.1 Å². The third kappa shape index (κ3) is 2.76. The average molecular weight is 283 g/mol. The number of benzene rings is 1. The fourth-order valence-electron chi connectivity index (χ4n) is 1.76. The molecule has 0 N–H and O–H groups in total. The molecule has 2 rings (SSSR count). The number of nitrogens with zero attached hydrogens (tertiary/aromatic N) is 2. The minimum absolute atomic E-state index is 0.0303. The molecule has 0 aliphatic carbocycles. The van der Waals surface area contributed by atoms with Crippen LogP contribution in [-0.4, -0.2) is 9.13 Å². The second-order valence-corrected chi connectivity index (χ2v) is 4.46. The van der Waals surface area contributed by atoms with E-state index in [2.05, 4.69) is 0 Å². The van der Waals surface area contributed by atoms with E-state index in [4.69, 9.17) is 11.6 Å². The van der Waals surface area contributed by atoms with Crippen molar-refractivity contribution in [3.8, 4) is 0 Å². The van der Waals surface area contributed by atoms with Crippen LogP contribution in [0.4, 0.5) is 4.39 Å². The highest BCUT2D eigenvalue weighted by molar-refractivity contribution is 6.30. The Morgan fingerprint density at radius 3 is 2.63 bits per heavy atom. The summed E-state index contributed by atoms with van der Waals surface area (Å²) in [6.07, 6.45) is 1.46. The number of hydrogen-bond acceptors (Lipinski definition) is 2. The number of rotatable bonds is 3. The first-order valence-corrected chi connectivity index (χ1v) is 6.15. The molecule has 1 heterocycles. The molecule has 0 atom stereocenters. The normalized spacial score (nSPS) is 10.7. The van der Waals surface area contributed by atoms with Crippen molar-refractivity contribution >= 4 is 11.6 Å². The van der Waals surface area contributed by atoms with Crippen LogP contribution in [0.5, 0.6) is 0 Å². The van der Waals surface area contributed by atoms with Gasteiger partial charge in [-0.05, 0) is 24.6 Å². The summed E-state index contributed by atoms with van der Waals surface area (Å²) >= 11 is 5.67. The molecule has 0 radical (unpaired) electrons. The molecule has 0 aliphatic rings. The summed E-state index contributed by atoms with van der Waals surface area (Å²) in [7, 11) is 0. The molecule has 1 aromatic heterocycles. The molecule has 0 spiro atoms. The van der Waals surface area contributed by atoms with Gasteiger partial charge in [-0.3, -0.25) is 9.36 Å². The summed E-state index contributed by atoms with van der Waals surface area (Å²) in [5.41, 5.74) is -0.190. The van der Waals surface area contributed by atoms with Gasteiger partial charge in [-0.1, -0.05) is 17.7 Å². The van der Waals surface area contributed by atoms with Gasteiger partial charge >= 0.3 is 5.69 Å². The summed E-state index contributed by atoms with van der Waals surface area (Å²) < 4.78 is 15.6. The van der Waals surface area contributed by atoms with E-state index in [-0.39, 0.29) is 11.6 Å². The van der Waals surface area contributed by atoms with E-state index in [1.165, 1.54) is 35.0 Å². The first-order chi connectivity index (χ1) is 9.02. The van der Waals surface area contributed by atoms with Gasteiger partial charge < -0.3 is 4.57 Å². The average Bonchev–Trinajstić information content (AvgIpc) is 2.39. The van der Waals surface area contributed by atoms with Crippen molar-refractivity contribution in [2.24, 2.45) is 0 Å². The van der Waals surface area contributed by atoms with Crippen molar-refractivity contribution in [2.75, 3.05) is 0 Å². The molecule has 100 valence electrons. The summed E-state index contributed by atoms with van der Waals surface area (Å²) in [4.78, 5) is 23.7. The summed E-state index contributed by atoms with van der Waals surface area (Å²) in [6.45, 7) is 2.35. The Kier molecular flexibility index (Phi) is 3.85. The molecule has 2 aromatic rings. The van der Waals surface area contributed by atoms with Gasteiger partial charge in [-0.15, -0.1) is 0 Å². The predicted octanol–water partition coefficient (Wildman–Crippen LogP) is 1.87. The Bertz CT molecular complexity index is 721. The van der Waals surface area contributed by atoms with Crippen LogP contribution in [0.15, 0.2) is 40.1 Å². The van der Waals surface area contributed by atoms with Gasteiger partial charge in [0.25, 0.3) is 5.56 Å². The van der Waals surface area contributed by atoms with Gasteiger partial charge in [0.2, 0.25) is 0 Å². The summed E-state index contributed by atoms with van der Waals surface area (Å²) in [5.74, 6) is -0.531. The van der Waals surface area contributed by atoms with Crippen molar-refractivity contribution in [3.05, 3.63) is 67.7 Å². The van der Waals surface area contributed by atoms with Gasteiger partial charge in [0, 0.05) is 18.8 Å². The van der Waals surface area contributed by atoms with E-state index in [0.717, 1.165) is 4.57 Å². The fourth-order valence-corrected chi connectivity index (χ4v) is 1.97. The second-order valence-electron chi connectivity index (χ2n) is 4.06. The first-order valence-electron chi connectivity index (χ1n) is 5.77. The zero-order chi connectivity index (χ0) is 14.0. The molecule has 4 nitrogen and oxygen atoms in total.